The number of ketones is 1. The van der Waals surface area contributed by atoms with Gasteiger partial charge in [0.2, 0.25) is 0 Å². The van der Waals surface area contributed by atoms with Gasteiger partial charge in [-0.2, -0.15) is 0 Å². The van der Waals surface area contributed by atoms with Gasteiger partial charge >= 0.3 is 11.9 Å². The molecule has 4 N–H and O–H groups in total. The van der Waals surface area contributed by atoms with Crippen molar-refractivity contribution in [2.24, 2.45) is 28.6 Å². The summed E-state index contributed by atoms with van der Waals surface area (Å²) in [4.78, 5) is 54.5. The number of carbonyl (C=O) groups excluding carboxylic acids is 4. The summed E-state index contributed by atoms with van der Waals surface area (Å²) < 4.78 is 11.0. The molecular formula is C56H84Cl2N2O10-2. The highest BCUT2D eigenvalue weighted by molar-refractivity contribution is 6.34. The van der Waals surface area contributed by atoms with Crippen LogP contribution in [0.5, 0.6) is 0 Å². The van der Waals surface area contributed by atoms with Crippen LogP contribution >= 0.6 is 23.2 Å². The maximum Gasteiger partial charge on any atom is 0.338 e. The van der Waals surface area contributed by atoms with Crippen molar-refractivity contribution in [1.82, 2.24) is 0 Å². The number of rotatable bonds is 32. The predicted octanol–water partition coefficient (Wildman–Crippen LogP) is 12.3. The SMILES string of the molecule is CCCCCCCCCCCCOC(=O)c1ccc(Cl)c(NC(=O)C(=C(O)C(C)(C)C)C2C([O-])C(C(C(=O)C(C)(C)C)C(O)Nc3cc(C(=O)OCCCCCCCCCCCC)ccc3Cl)C2[O-])c1. The fourth-order valence-corrected chi connectivity index (χ4v) is 9.26. The molecule has 12 nitrogen and oxygen atoms in total. The molecule has 1 saturated carbocycles. The zero-order chi connectivity index (χ0) is 52.0. The molecule has 1 aliphatic carbocycles. The van der Waals surface area contributed by atoms with Gasteiger partial charge in [0.05, 0.1) is 57.3 Å². The fourth-order valence-electron chi connectivity index (χ4n) is 8.92. The van der Waals surface area contributed by atoms with Crippen LogP contribution in [0.1, 0.15) is 205 Å². The molecule has 1 amide bonds. The van der Waals surface area contributed by atoms with Crippen LogP contribution in [0, 0.1) is 28.6 Å². The highest BCUT2D eigenvalue weighted by Crippen LogP contribution is 2.47. The minimum atomic E-state index is -1.94. The number of allylic oxidation sites excluding steroid dienone is 1. The molecule has 70 heavy (non-hydrogen) atoms. The second kappa shape index (κ2) is 30.4. The van der Waals surface area contributed by atoms with E-state index < -0.39 is 82.0 Å². The zero-order valence-corrected chi connectivity index (χ0v) is 44.9. The Bertz CT molecular complexity index is 1980. The van der Waals surface area contributed by atoms with Gasteiger partial charge in [0.25, 0.3) is 5.91 Å². The Balaban J connectivity index is 1.73. The minimum Gasteiger partial charge on any atom is -0.851 e. The summed E-state index contributed by atoms with van der Waals surface area (Å²) in [5.41, 5.74) is -2.42. The van der Waals surface area contributed by atoms with E-state index >= 15 is 0 Å². The largest absolute Gasteiger partial charge is 0.851 e. The average molecular weight is 1020 g/mol. The highest BCUT2D eigenvalue weighted by Gasteiger charge is 2.52. The van der Waals surface area contributed by atoms with Crippen molar-refractivity contribution < 1.29 is 49.1 Å². The predicted molar refractivity (Wildman–Crippen MR) is 277 cm³/mol. The van der Waals surface area contributed by atoms with E-state index in [-0.39, 0.29) is 45.8 Å². The van der Waals surface area contributed by atoms with Crippen LogP contribution in [0.4, 0.5) is 11.4 Å². The molecule has 0 saturated heterocycles. The zero-order valence-electron chi connectivity index (χ0n) is 43.4. The molecule has 1 aliphatic rings. The number of hydrogen-bond acceptors (Lipinski definition) is 11. The van der Waals surface area contributed by atoms with Gasteiger partial charge < -0.3 is 40.5 Å². The van der Waals surface area contributed by atoms with E-state index in [4.69, 9.17) is 32.7 Å². The summed E-state index contributed by atoms with van der Waals surface area (Å²) in [6.45, 7) is 14.5. The van der Waals surface area contributed by atoms with Gasteiger partial charge in [-0.25, -0.2) is 9.59 Å². The summed E-state index contributed by atoms with van der Waals surface area (Å²) in [7, 11) is 0. The monoisotopic (exact) mass is 1010 g/mol. The minimum absolute atomic E-state index is 0.0118. The van der Waals surface area contributed by atoms with E-state index in [1.165, 1.54) is 113 Å². The van der Waals surface area contributed by atoms with Crippen molar-refractivity contribution >= 4 is 58.2 Å². The molecular weight excluding hydrogens is 932 g/mol. The second-order valence-electron chi connectivity index (χ2n) is 21.3. The molecule has 0 spiro atoms. The molecule has 0 bridgehead atoms. The number of aliphatic hydroxyl groups excluding tert-OH is 2. The number of esters is 2. The van der Waals surface area contributed by atoms with E-state index in [0.717, 1.165) is 38.5 Å². The highest BCUT2D eigenvalue weighted by atomic mass is 35.5. The third kappa shape index (κ3) is 19.1. The average Bonchev–Trinajstić information content (AvgIpc) is 3.30. The third-order valence-corrected chi connectivity index (χ3v) is 13.9. The van der Waals surface area contributed by atoms with Crippen LogP contribution in [-0.4, -0.2) is 65.5 Å². The van der Waals surface area contributed by atoms with Crippen LogP contribution in [0.3, 0.4) is 0 Å². The molecule has 4 unspecified atom stereocenters. The Morgan fingerprint density at radius 2 is 1.00 bits per heavy atom. The lowest BCUT2D eigenvalue weighted by molar-refractivity contribution is -0.561. The number of benzene rings is 2. The number of carbonyl (C=O) groups is 4. The molecule has 1 fully saturated rings. The lowest BCUT2D eigenvalue weighted by Gasteiger charge is -2.64. The Kier molecular flexibility index (Phi) is 26.3. The molecule has 14 heteroatoms. The summed E-state index contributed by atoms with van der Waals surface area (Å²) in [5.74, 6) is -8.11. The molecule has 3 rings (SSSR count). The lowest BCUT2D eigenvalue weighted by atomic mass is 9.57. The second-order valence-corrected chi connectivity index (χ2v) is 22.1. The van der Waals surface area contributed by atoms with Crippen molar-refractivity contribution in [3.8, 4) is 0 Å². The number of Topliss-reactive ketones (excluding diaryl/α,β-unsaturated/α-hetero) is 1. The van der Waals surface area contributed by atoms with Crippen molar-refractivity contribution in [2.75, 3.05) is 23.8 Å². The van der Waals surface area contributed by atoms with E-state index in [9.17, 15) is 39.6 Å². The van der Waals surface area contributed by atoms with Gasteiger partial charge in [0.1, 0.15) is 17.8 Å². The molecule has 2 aromatic rings. The van der Waals surface area contributed by atoms with Crippen molar-refractivity contribution in [3.05, 3.63) is 68.9 Å². The Labute approximate surface area is 429 Å². The number of halogens is 2. The first-order valence-electron chi connectivity index (χ1n) is 26.1. The number of amides is 1. The molecule has 4 atom stereocenters. The van der Waals surface area contributed by atoms with Crippen molar-refractivity contribution in [3.63, 3.8) is 0 Å². The Hall–Kier alpha value is -3.68. The van der Waals surface area contributed by atoms with Gasteiger partial charge in [-0.05, 0) is 55.2 Å². The van der Waals surface area contributed by atoms with E-state index in [1.54, 1.807) is 41.5 Å². The van der Waals surface area contributed by atoms with Crippen molar-refractivity contribution in [2.45, 2.75) is 202 Å². The van der Waals surface area contributed by atoms with E-state index in [0.29, 0.717) is 12.8 Å². The molecule has 0 heterocycles. The first kappa shape index (κ1) is 60.6. The lowest BCUT2D eigenvalue weighted by Crippen LogP contribution is -2.72. The topological polar surface area (TPSA) is 197 Å². The van der Waals surface area contributed by atoms with Gasteiger partial charge in [-0.15, -0.1) is 12.2 Å². The number of anilines is 2. The smallest absolute Gasteiger partial charge is 0.338 e. The summed E-state index contributed by atoms with van der Waals surface area (Å²) >= 11 is 13.0. The molecule has 2 aromatic carbocycles. The quantitative estimate of drug-likeness (QED) is 0.0179. The number of hydrogen-bond donors (Lipinski definition) is 4. The molecule has 394 valence electrons. The van der Waals surface area contributed by atoms with Crippen LogP contribution in [-0.2, 0) is 19.1 Å². The first-order chi connectivity index (χ1) is 33.1. The van der Waals surface area contributed by atoms with Gasteiger partial charge in [0, 0.05) is 10.8 Å². The molecule has 0 radical (unpaired) electrons. The molecule has 0 aromatic heterocycles. The van der Waals surface area contributed by atoms with Gasteiger partial charge in [-0.1, -0.05) is 200 Å². The maximum absolute atomic E-state index is 14.4. The molecule has 0 aliphatic heterocycles. The number of nitrogens with one attached hydrogen (secondary N) is 2. The van der Waals surface area contributed by atoms with Crippen LogP contribution < -0.4 is 20.8 Å². The summed E-state index contributed by atoms with van der Waals surface area (Å²) in [6, 6.07) is 8.50. The van der Waals surface area contributed by atoms with E-state index in [2.05, 4.69) is 24.5 Å². The normalized spacial score (nSPS) is 18.3. The van der Waals surface area contributed by atoms with Crippen molar-refractivity contribution in [1.29, 1.82) is 0 Å². The number of ether oxygens (including phenoxy) is 2. The summed E-state index contributed by atoms with van der Waals surface area (Å²) in [6.07, 6.45) is 17.0. The standard InChI is InChI=1S/C56H84Cl2N2O10/c1-9-11-13-15-17-19-21-23-25-27-33-69-53(67)37-29-31-39(57)41(35-37)59-51(65)45(49(63)55(3,4)5)43-47(61)44(48(43)62)46(50(64)56(6,7)8)52(66)60-42-36-38(30-32-40(42)58)54(68)70-34-28-26-24-22-20-18-16-14-12-10-2/h29-32,35-36,43-45,47-48,51,59,64-65H,9-28,33-34H2,1-8H3,(H,60,66)/q-2. The van der Waals surface area contributed by atoms with Gasteiger partial charge in [0.15, 0.2) is 0 Å². The van der Waals surface area contributed by atoms with E-state index in [1.807, 2.05) is 0 Å². The Morgan fingerprint density at radius 3 is 1.40 bits per heavy atom. The maximum atomic E-state index is 14.4. The third-order valence-electron chi connectivity index (χ3n) is 13.2. The Morgan fingerprint density at radius 1 is 0.614 bits per heavy atom. The summed E-state index contributed by atoms with van der Waals surface area (Å²) in [5, 5.41) is 57.8. The van der Waals surface area contributed by atoms with Crippen LogP contribution in [0.15, 0.2) is 47.7 Å². The fraction of sp³-hybridized carbons (Fsp3) is 0.679. The van der Waals surface area contributed by atoms with Crippen LogP contribution in [0.25, 0.3) is 0 Å². The number of unbranched alkanes of at least 4 members (excludes halogenated alkanes) is 18. The van der Waals surface area contributed by atoms with Crippen LogP contribution in [0.2, 0.25) is 10.0 Å². The van der Waals surface area contributed by atoms with Gasteiger partial charge in [-0.3, -0.25) is 9.59 Å². The number of aliphatic hydroxyl groups is 2. The first-order valence-corrected chi connectivity index (χ1v) is 26.9.